The van der Waals surface area contributed by atoms with Gasteiger partial charge in [-0.2, -0.15) is 13.8 Å². The molecule has 2 aromatic rings. The van der Waals surface area contributed by atoms with Gasteiger partial charge in [-0.25, -0.2) is 9.59 Å². The van der Waals surface area contributed by atoms with Gasteiger partial charge in [0.15, 0.2) is 0 Å². The van der Waals surface area contributed by atoms with E-state index in [2.05, 4.69) is 20.9 Å². The van der Waals surface area contributed by atoms with Gasteiger partial charge in [-0.05, 0) is 36.1 Å². The first-order valence-electron chi connectivity index (χ1n) is 10.5. The molecule has 1 aliphatic heterocycles. The second-order valence-electron chi connectivity index (χ2n) is 8.01. The largest absolute Gasteiger partial charge is 0.334 e. The van der Waals surface area contributed by atoms with Gasteiger partial charge in [0.25, 0.3) is 5.91 Å². The third-order valence-electron chi connectivity index (χ3n) is 5.90. The molecule has 1 aromatic carbocycles. The molecule has 2 fully saturated rings. The third-order valence-corrected chi connectivity index (χ3v) is 5.90. The second-order valence-corrected chi connectivity index (χ2v) is 8.01. The summed E-state index contributed by atoms with van der Waals surface area (Å²) in [5.41, 5.74) is 0.356. The minimum absolute atomic E-state index is 0.0764. The number of benzene rings is 1. The number of nitrogens with zero attached hydrogens (tertiary/aromatic N) is 2. The molecule has 2 heterocycles. The van der Waals surface area contributed by atoms with Crippen molar-refractivity contribution in [2.45, 2.75) is 50.7 Å². The van der Waals surface area contributed by atoms with Gasteiger partial charge < -0.3 is 16.0 Å². The molecule has 0 atom stereocenters. The number of imide groups is 1. The summed E-state index contributed by atoms with van der Waals surface area (Å²) in [5.74, 6) is -2.32. The predicted octanol–water partition coefficient (Wildman–Crippen LogP) is 3.44. The Balaban J connectivity index is 1.41. The number of carbonyl (C=O) groups is 3. The first-order chi connectivity index (χ1) is 15.4. The van der Waals surface area contributed by atoms with Crippen LogP contribution in [-0.2, 0) is 17.9 Å². The lowest BCUT2D eigenvalue weighted by atomic mass is 9.81. The predicted molar refractivity (Wildman–Crippen MR) is 111 cm³/mol. The highest BCUT2D eigenvalue weighted by Crippen LogP contribution is 2.34. The topological polar surface area (TPSA) is 103 Å². The molecule has 0 bridgehead atoms. The van der Waals surface area contributed by atoms with Gasteiger partial charge in [0, 0.05) is 6.54 Å². The molecule has 0 radical (unpaired) electrons. The Labute approximate surface area is 183 Å². The zero-order valence-electron chi connectivity index (χ0n) is 17.3. The standard InChI is InChI=1S/C22H23F2N5O3/c23-17-9-8-16(18(24)27-17)26-20(31)25-12-14-6-2-3-7-15(14)13-29-19(30)22(28-21(29)32)10-4-1-5-11-22/h2-3,6-9H,1,4-5,10-13H2,(H,28,32)(H2,25,26,31). The Hall–Kier alpha value is -3.56. The molecule has 8 nitrogen and oxygen atoms in total. The molecule has 1 aromatic heterocycles. The van der Waals surface area contributed by atoms with Gasteiger partial charge in [-0.3, -0.25) is 9.69 Å². The summed E-state index contributed by atoms with van der Waals surface area (Å²) in [4.78, 5) is 42.0. The third kappa shape index (κ3) is 4.39. The van der Waals surface area contributed by atoms with Gasteiger partial charge >= 0.3 is 12.1 Å². The number of pyridine rings is 1. The van der Waals surface area contributed by atoms with E-state index in [-0.39, 0.29) is 24.7 Å². The SMILES string of the molecule is O=C(NCc1ccccc1CN1C(=O)NC2(CCCCC2)C1=O)Nc1ccc(F)nc1F. The number of nitrogens with one attached hydrogen (secondary N) is 3. The normalized spacial score (nSPS) is 17.4. The van der Waals surface area contributed by atoms with Crippen LogP contribution in [0.5, 0.6) is 0 Å². The summed E-state index contributed by atoms with van der Waals surface area (Å²) in [7, 11) is 0. The summed E-state index contributed by atoms with van der Waals surface area (Å²) < 4.78 is 26.5. The van der Waals surface area contributed by atoms with Crippen molar-refractivity contribution in [2.75, 3.05) is 5.32 Å². The highest BCUT2D eigenvalue weighted by molar-refractivity contribution is 6.07. The van der Waals surface area contributed by atoms with E-state index in [1.54, 1.807) is 24.3 Å². The van der Waals surface area contributed by atoms with E-state index >= 15 is 0 Å². The molecule has 0 unspecified atom stereocenters. The van der Waals surface area contributed by atoms with E-state index in [9.17, 15) is 23.2 Å². The molecular formula is C22H23F2N5O3. The van der Waals surface area contributed by atoms with E-state index in [0.717, 1.165) is 31.4 Å². The minimum Gasteiger partial charge on any atom is -0.334 e. The Kier molecular flexibility index (Phi) is 6.02. The summed E-state index contributed by atoms with van der Waals surface area (Å²) >= 11 is 0. The number of halogens is 2. The smallest absolute Gasteiger partial charge is 0.325 e. The molecule has 1 aliphatic carbocycles. The van der Waals surface area contributed by atoms with Gasteiger partial charge in [0.2, 0.25) is 11.9 Å². The van der Waals surface area contributed by atoms with Crippen molar-refractivity contribution in [3.63, 3.8) is 0 Å². The highest BCUT2D eigenvalue weighted by atomic mass is 19.1. The Morgan fingerprint density at radius 1 is 1.06 bits per heavy atom. The van der Waals surface area contributed by atoms with E-state index in [1.165, 1.54) is 4.90 Å². The second kappa shape index (κ2) is 8.89. The maximum atomic E-state index is 13.6. The zero-order valence-corrected chi connectivity index (χ0v) is 17.3. The van der Waals surface area contributed by atoms with Crippen molar-refractivity contribution >= 4 is 23.7 Å². The van der Waals surface area contributed by atoms with Crippen LogP contribution >= 0.6 is 0 Å². The van der Waals surface area contributed by atoms with Crippen LogP contribution in [0.15, 0.2) is 36.4 Å². The number of urea groups is 2. The molecule has 32 heavy (non-hydrogen) atoms. The number of hydrogen-bond donors (Lipinski definition) is 3. The highest BCUT2D eigenvalue weighted by Gasteiger charge is 2.51. The Morgan fingerprint density at radius 3 is 2.50 bits per heavy atom. The number of amides is 5. The van der Waals surface area contributed by atoms with Crippen molar-refractivity contribution in [1.82, 2.24) is 20.5 Å². The summed E-state index contributed by atoms with van der Waals surface area (Å²) in [6, 6.07) is 8.01. The van der Waals surface area contributed by atoms with Crippen LogP contribution < -0.4 is 16.0 Å². The molecule has 1 saturated heterocycles. The van der Waals surface area contributed by atoms with Crippen LogP contribution in [0, 0.1) is 11.9 Å². The van der Waals surface area contributed by atoms with E-state index < -0.39 is 29.5 Å². The minimum atomic E-state index is -1.13. The first kappa shape index (κ1) is 21.7. The van der Waals surface area contributed by atoms with Gasteiger partial charge in [0.1, 0.15) is 5.54 Å². The fourth-order valence-electron chi connectivity index (χ4n) is 4.22. The number of anilines is 1. The van der Waals surface area contributed by atoms with Crippen LogP contribution in [0.1, 0.15) is 43.2 Å². The maximum Gasteiger partial charge on any atom is 0.325 e. The first-order valence-corrected chi connectivity index (χ1v) is 10.5. The van der Waals surface area contributed by atoms with Crippen molar-refractivity contribution in [3.05, 3.63) is 59.4 Å². The van der Waals surface area contributed by atoms with Crippen LogP contribution in [-0.4, -0.2) is 33.4 Å². The molecule has 3 N–H and O–H groups in total. The lowest BCUT2D eigenvalue weighted by Crippen LogP contribution is -2.48. The molecule has 5 amide bonds. The van der Waals surface area contributed by atoms with Crippen molar-refractivity contribution in [1.29, 1.82) is 0 Å². The molecule has 2 aliphatic rings. The van der Waals surface area contributed by atoms with Crippen LogP contribution in [0.25, 0.3) is 0 Å². The average molecular weight is 443 g/mol. The van der Waals surface area contributed by atoms with Crippen LogP contribution in [0.4, 0.5) is 24.1 Å². The molecule has 1 spiro atoms. The number of rotatable bonds is 5. The summed E-state index contributed by atoms with van der Waals surface area (Å²) in [5, 5.41) is 7.75. The number of carbonyl (C=O) groups excluding carboxylic acids is 3. The monoisotopic (exact) mass is 443 g/mol. The average Bonchev–Trinajstić information content (AvgIpc) is 2.99. The maximum absolute atomic E-state index is 13.6. The molecule has 4 rings (SSSR count). The lowest BCUT2D eigenvalue weighted by molar-refractivity contribution is -0.132. The number of aromatic nitrogens is 1. The van der Waals surface area contributed by atoms with Crippen molar-refractivity contribution in [3.8, 4) is 0 Å². The Bertz CT molecular complexity index is 1060. The molecule has 168 valence electrons. The lowest BCUT2D eigenvalue weighted by Gasteiger charge is -2.30. The van der Waals surface area contributed by atoms with Crippen molar-refractivity contribution in [2.24, 2.45) is 0 Å². The molecule has 10 heteroatoms. The van der Waals surface area contributed by atoms with E-state index in [0.29, 0.717) is 24.0 Å². The Morgan fingerprint density at radius 2 is 1.78 bits per heavy atom. The number of hydrogen-bond acceptors (Lipinski definition) is 4. The fraction of sp³-hybridized carbons (Fsp3) is 0.364. The zero-order chi connectivity index (χ0) is 22.7. The molecular weight excluding hydrogens is 420 g/mol. The van der Waals surface area contributed by atoms with Crippen molar-refractivity contribution < 1.29 is 23.2 Å². The van der Waals surface area contributed by atoms with Crippen LogP contribution in [0.3, 0.4) is 0 Å². The van der Waals surface area contributed by atoms with E-state index in [1.807, 2.05) is 0 Å². The van der Waals surface area contributed by atoms with E-state index in [4.69, 9.17) is 0 Å². The van der Waals surface area contributed by atoms with Gasteiger partial charge in [-0.1, -0.05) is 43.5 Å². The quantitative estimate of drug-likeness (QED) is 0.487. The van der Waals surface area contributed by atoms with Gasteiger partial charge in [-0.15, -0.1) is 0 Å². The van der Waals surface area contributed by atoms with Gasteiger partial charge in [0.05, 0.1) is 12.2 Å². The summed E-state index contributed by atoms with van der Waals surface area (Å²) in [6.07, 6.45) is 4.15. The van der Waals surface area contributed by atoms with Crippen LogP contribution in [0.2, 0.25) is 0 Å². The summed E-state index contributed by atoms with van der Waals surface area (Å²) in [6.45, 7) is 0.162. The fourth-order valence-corrected chi connectivity index (χ4v) is 4.22. The molecule has 1 saturated carbocycles.